The molecule has 0 spiro atoms. The van der Waals surface area contributed by atoms with Crippen LogP contribution < -0.4 is 5.32 Å². The Labute approximate surface area is 112 Å². The van der Waals surface area contributed by atoms with Crippen molar-refractivity contribution in [1.82, 2.24) is 5.32 Å². The Morgan fingerprint density at radius 2 is 1.89 bits per heavy atom. The SMILES string of the molecule is CCCNC1CC(OCCC2CC2)C1OCCC. The van der Waals surface area contributed by atoms with Gasteiger partial charge in [0.2, 0.25) is 0 Å². The van der Waals surface area contributed by atoms with Crippen molar-refractivity contribution in [3.05, 3.63) is 0 Å². The number of rotatable bonds is 10. The molecular formula is C15H29NO2. The quantitative estimate of drug-likeness (QED) is 0.651. The van der Waals surface area contributed by atoms with Gasteiger partial charge in [-0.15, -0.1) is 0 Å². The third-order valence-corrected chi connectivity index (χ3v) is 3.98. The molecule has 1 N–H and O–H groups in total. The lowest BCUT2D eigenvalue weighted by molar-refractivity contribution is -0.147. The lowest BCUT2D eigenvalue weighted by atomic mass is 9.85. The fourth-order valence-electron chi connectivity index (χ4n) is 2.54. The highest BCUT2D eigenvalue weighted by molar-refractivity contribution is 4.97. The maximum absolute atomic E-state index is 5.98. The molecule has 2 fully saturated rings. The number of hydrogen-bond donors (Lipinski definition) is 1. The van der Waals surface area contributed by atoms with E-state index in [1.165, 1.54) is 25.7 Å². The van der Waals surface area contributed by atoms with Crippen LogP contribution in [-0.4, -0.2) is 38.0 Å². The van der Waals surface area contributed by atoms with Crippen molar-refractivity contribution in [2.24, 2.45) is 5.92 Å². The van der Waals surface area contributed by atoms with Crippen LogP contribution in [0.1, 0.15) is 52.4 Å². The molecule has 3 nitrogen and oxygen atoms in total. The third kappa shape index (κ3) is 4.22. The second-order valence-electron chi connectivity index (χ2n) is 5.77. The molecule has 0 saturated heterocycles. The van der Waals surface area contributed by atoms with Gasteiger partial charge in [0.15, 0.2) is 0 Å². The second kappa shape index (κ2) is 7.46. The van der Waals surface area contributed by atoms with Crippen molar-refractivity contribution in [1.29, 1.82) is 0 Å². The van der Waals surface area contributed by atoms with Crippen molar-refractivity contribution in [2.75, 3.05) is 19.8 Å². The highest BCUT2D eigenvalue weighted by Crippen LogP contribution is 2.33. The fourth-order valence-corrected chi connectivity index (χ4v) is 2.54. The summed E-state index contributed by atoms with van der Waals surface area (Å²) in [6, 6.07) is 0.516. The summed E-state index contributed by atoms with van der Waals surface area (Å²) in [4.78, 5) is 0. The lowest BCUT2D eigenvalue weighted by Gasteiger charge is -2.44. The fraction of sp³-hybridized carbons (Fsp3) is 1.00. The zero-order chi connectivity index (χ0) is 12.8. The Morgan fingerprint density at radius 3 is 2.56 bits per heavy atom. The maximum Gasteiger partial charge on any atom is 0.0990 e. The van der Waals surface area contributed by atoms with Crippen LogP contribution in [-0.2, 0) is 9.47 Å². The summed E-state index contributed by atoms with van der Waals surface area (Å²) in [7, 11) is 0. The van der Waals surface area contributed by atoms with E-state index in [4.69, 9.17) is 9.47 Å². The van der Waals surface area contributed by atoms with Crippen molar-refractivity contribution < 1.29 is 9.47 Å². The Morgan fingerprint density at radius 1 is 1.06 bits per heavy atom. The first-order valence-corrected chi connectivity index (χ1v) is 7.81. The molecule has 106 valence electrons. The number of ether oxygens (including phenoxy) is 2. The highest BCUT2D eigenvalue weighted by atomic mass is 16.5. The monoisotopic (exact) mass is 255 g/mol. The number of hydrogen-bond acceptors (Lipinski definition) is 3. The summed E-state index contributed by atoms with van der Waals surface area (Å²) in [6.45, 7) is 7.25. The van der Waals surface area contributed by atoms with Gasteiger partial charge in [-0.05, 0) is 38.1 Å². The molecule has 0 amide bonds. The number of nitrogens with one attached hydrogen (secondary N) is 1. The normalized spacial score (nSPS) is 31.3. The van der Waals surface area contributed by atoms with Crippen LogP contribution in [0, 0.1) is 5.92 Å². The second-order valence-corrected chi connectivity index (χ2v) is 5.77. The highest BCUT2D eigenvalue weighted by Gasteiger charge is 2.42. The van der Waals surface area contributed by atoms with E-state index in [-0.39, 0.29) is 6.10 Å². The van der Waals surface area contributed by atoms with Crippen molar-refractivity contribution in [3.8, 4) is 0 Å². The van der Waals surface area contributed by atoms with Gasteiger partial charge in [-0.3, -0.25) is 0 Å². The summed E-state index contributed by atoms with van der Waals surface area (Å²) >= 11 is 0. The van der Waals surface area contributed by atoms with Crippen LogP contribution in [0.2, 0.25) is 0 Å². The van der Waals surface area contributed by atoms with E-state index in [1.54, 1.807) is 0 Å². The molecule has 3 heteroatoms. The molecule has 0 radical (unpaired) electrons. The average Bonchev–Trinajstić information content (AvgIpc) is 3.16. The van der Waals surface area contributed by atoms with Gasteiger partial charge in [-0.2, -0.15) is 0 Å². The van der Waals surface area contributed by atoms with Gasteiger partial charge in [0.1, 0.15) is 0 Å². The Bertz CT molecular complexity index is 231. The molecule has 2 rings (SSSR count). The van der Waals surface area contributed by atoms with Gasteiger partial charge in [0.25, 0.3) is 0 Å². The van der Waals surface area contributed by atoms with Crippen molar-refractivity contribution in [2.45, 2.75) is 70.6 Å². The van der Waals surface area contributed by atoms with Gasteiger partial charge in [-0.25, -0.2) is 0 Å². The van der Waals surface area contributed by atoms with Crippen LogP contribution in [0.15, 0.2) is 0 Å². The molecule has 0 heterocycles. The molecule has 2 aliphatic carbocycles. The average molecular weight is 255 g/mol. The van der Waals surface area contributed by atoms with E-state index in [0.29, 0.717) is 12.1 Å². The Kier molecular flexibility index (Phi) is 5.93. The van der Waals surface area contributed by atoms with Crippen LogP contribution in [0.25, 0.3) is 0 Å². The maximum atomic E-state index is 5.98. The predicted octanol–water partition coefficient (Wildman–Crippen LogP) is 2.74. The third-order valence-electron chi connectivity index (χ3n) is 3.98. The molecule has 0 bridgehead atoms. The van der Waals surface area contributed by atoms with Crippen molar-refractivity contribution >= 4 is 0 Å². The van der Waals surface area contributed by atoms with Gasteiger partial charge in [0.05, 0.1) is 12.2 Å². The van der Waals surface area contributed by atoms with Crippen molar-refractivity contribution in [3.63, 3.8) is 0 Å². The van der Waals surface area contributed by atoms with E-state index in [0.717, 1.165) is 38.5 Å². The summed E-state index contributed by atoms with van der Waals surface area (Å²) in [6.07, 6.45) is 8.12. The first kappa shape index (κ1) is 14.3. The molecule has 0 aliphatic heterocycles. The minimum Gasteiger partial charge on any atom is -0.375 e. The van der Waals surface area contributed by atoms with Gasteiger partial charge < -0.3 is 14.8 Å². The summed E-state index contributed by atoms with van der Waals surface area (Å²) < 4.78 is 11.9. The van der Waals surface area contributed by atoms with E-state index < -0.39 is 0 Å². The largest absolute Gasteiger partial charge is 0.375 e. The molecule has 3 unspecified atom stereocenters. The van der Waals surface area contributed by atoms with Crippen LogP contribution in [0.4, 0.5) is 0 Å². The molecule has 0 aromatic rings. The molecule has 18 heavy (non-hydrogen) atoms. The van der Waals surface area contributed by atoms with E-state index in [2.05, 4.69) is 19.2 Å². The van der Waals surface area contributed by atoms with Gasteiger partial charge >= 0.3 is 0 Å². The summed E-state index contributed by atoms with van der Waals surface area (Å²) in [5, 5.41) is 3.56. The zero-order valence-corrected chi connectivity index (χ0v) is 12.0. The smallest absolute Gasteiger partial charge is 0.0990 e. The minimum atomic E-state index is 0.288. The van der Waals surface area contributed by atoms with E-state index in [9.17, 15) is 0 Å². The zero-order valence-electron chi connectivity index (χ0n) is 12.0. The molecule has 0 aromatic carbocycles. The van der Waals surface area contributed by atoms with E-state index >= 15 is 0 Å². The topological polar surface area (TPSA) is 30.5 Å². The van der Waals surface area contributed by atoms with Crippen LogP contribution in [0.5, 0.6) is 0 Å². The Balaban J connectivity index is 1.64. The van der Waals surface area contributed by atoms with Crippen LogP contribution >= 0.6 is 0 Å². The van der Waals surface area contributed by atoms with Crippen LogP contribution in [0.3, 0.4) is 0 Å². The molecule has 0 aromatic heterocycles. The summed E-state index contributed by atoms with van der Waals surface area (Å²) in [5.74, 6) is 0.967. The molecule has 2 aliphatic rings. The van der Waals surface area contributed by atoms with E-state index in [1.807, 2.05) is 0 Å². The minimum absolute atomic E-state index is 0.288. The lowest BCUT2D eigenvalue weighted by Crippen LogP contribution is -2.60. The molecule has 3 atom stereocenters. The first-order valence-electron chi connectivity index (χ1n) is 7.81. The predicted molar refractivity (Wildman–Crippen MR) is 73.8 cm³/mol. The first-order chi connectivity index (χ1) is 8.85. The van der Waals surface area contributed by atoms with Gasteiger partial charge in [0, 0.05) is 19.3 Å². The van der Waals surface area contributed by atoms with Gasteiger partial charge in [-0.1, -0.05) is 26.7 Å². The summed E-state index contributed by atoms with van der Waals surface area (Å²) in [5.41, 5.74) is 0. The molecule has 2 saturated carbocycles. The standard InChI is InChI=1S/C15H29NO2/c1-3-8-16-13-11-14(15(13)18-9-4-2)17-10-7-12-5-6-12/h12-16H,3-11H2,1-2H3. The Hall–Kier alpha value is -0.120. The molecular weight excluding hydrogens is 226 g/mol.